The zero-order valence-corrected chi connectivity index (χ0v) is 10.9. The molecule has 19 heavy (non-hydrogen) atoms. The van der Waals surface area contributed by atoms with Gasteiger partial charge in [-0.05, 0) is 30.9 Å². The normalized spacial score (nSPS) is 16.9. The minimum Gasteiger partial charge on any atom is -0.493 e. The van der Waals surface area contributed by atoms with Crippen LogP contribution in [0.5, 0.6) is 17.2 Å². The van der Waals surface area contributed by atoms with E-state index in [4.69, 9.17) is 14.2 Å². The number of rotatable bonds is 4. The molecule has 5 heteroatoms. The highest BCUT2D eigenvalue weighted by molar-refractivity contribution is 5.95. The van der Waals surface area contributed by atoms with E-state index in [0.29, 0.717) is 41.9 Å². The number of methoxy groups -OCH3 is 1. The van der Waals surface area contributed by atoms with Crippen molar-refractivity contribution in [3.8, 4) is 17.2 Å². The zero-order valence-electron chi connectivity index (χ0n) is 10.9. The minimum absolute atomic E-state index is 0.0952. The SMILES string of the molecule is COc1cc(C(=O)NCC2CC2)cc2c1OCCO2. The highest BCUT2D eigenvalue weighted by Gasteiger charge is 2.24. The standard InChI is InChI=1S/C14H17NO4/c1-17-11-6-10(14(16)15-8-9-2-3-9)7-12-13(11)19-5-4-18-12/h6-7,9H,2-5,8H2,1H3,(H,15,16). The molecule has 0 radical (unpaired) electrons. The summed E-state index contributed by atoms with van der Waals surface area (Å²) >= 11 is 0. The van der Waals surface area contributed by atoms with E-state index < -0.39 is 0 Å². The van der Waals surface area contributed by atoms with Gasteiger partial charge in [0.1, 0.15) is 13.2 Å². The minimum atomic E-state index is -0.0952. The number of hydrogen-bond acceptors (Lipinski definition) is 4. The van der Waals surface area contributed by atoms with E-state index in [1.165, 1.54) is 12.8 Å². The molecule has 1 amide bonds. The third kappa shape index (κ3) is 2.59. The molecule has 102 valence electrons. The highest BCUT2D eigenvalue weighted by atomic mass is 16.6. The molecular weight excluding hydrogens is 246 g/mol. The van der Waals surface area contributed by atoms with Gasteiger partial charge in [0.05, 0.1) is 7.11 Å². The number of ether oxygens (including phenoxy) is 3. The first-order chi connectivity index (χ1) is 9.28. The van der Waals surface area contributed by atoms with Crippen LogP contribution in [0.4, 0.5) is 0 Å². The Morgan fingerprint density at radius 2 is 2.16 bits per heavy atom. The lowest BCUT2D eigenvalue weighted by atomic mass is 10.1. The second-order valence-corrected chi connectivity index (χ2v) is 4.86. The van der Waals surface area contributed by atoms with Gasteiger partial charge in [-0.1, -0.05) is 0 Å². The first-order valence-electron chi connectivity index (χ1n) is 6.54. The van der Waals surface area contributed by atoms with Gasteiger partial charge in [-0.3, -0.25) is 4.79 Å². The fourth-order valence-corrected chi connectivity index (χ4v) is 2.07. The van der Waals surface area contributed by atoms with Crippen LogP contribution in [0.25, 0.3) is 0 Å². The number of carbonyl (C=O) groups excluding carboxylic acids is 1. The topological polar surface area (TPSA) is 56.8 Å². The van der Waals surface area contributed by atoms with Crippen molar-refractivity contribution in [2.24, 2.45) is 5.92 Å². The summed E-state index contributed by atoms with van der Waals surface area (Å²) in [5.74, 6) is 2.24. The largest absolute Gasteiger partial charge is 0.493 e. The number of fused-ring (bicyclic) bond motifs is 1. The summed E-state index contributed by atoms with van der Waals surface area (Å²) in [6.45, 7) is 1.73. The molecule has 1 heterocycles. The van der Waals surface area contributed by atoms with Gasteiger partial charge in [0, 0.05) is 12.1 Å². The average Bonchev–Trinajstić information content (AvgIpc) is 3.27. The maximum absolute atomic E-state index is 12.1. The lowest BCUT2D eigenvalue weighted by Gasteiger charge is -2.21. The van der Waals surface area contributed by atoms with Crippen LogP contribution in [0.2, 0.25) is 0 Å². The van der Waals surface area contributed by atoms with Crippen molar-refractivity contribution in [1.29, 1.82) is 0 Å². The molecule has 1 N–H and O–H groups in total. The van der Waals surface area contributed by atoms with Crippen LogP contribution in [0, 0.1) is 5.92 Å². The van der Waals surface area contributed by atoms with Gasteiger partial charge in [0.25, 0.3) is 5.91 Å². The summed E-state index contributed by atoms with van der Waals surface area (Å²) in [5, 5.41) is 2.93. The van der Waals surface area contributed by atoms with E-state index in [1.54, 1.807) is 19.2 Å². The lowest BCUT2D eigenvalue weighted by molar-refractivity contribution is 0.0950. The maximum atomic E-state index is 12.1. The number of hydrogen-bond donors (Lipinski definition) is 1. The van der Waals surface area contributed by atoms with Crippen molar-refractivity contribution in [3.05, 3.63) is 17.7 Å². The molecule has 1 aromatic carbocycles. The van der Waals surface area contributed by atoms with E-state index in [0.717, 1.165) is 6.54 Å². The summed E-state index contributed by atoms with van der Waals surface area (Å²) in [7, 11) is 1.56. The Labute approximate surface area is 111 Å². The van der Waals surface area contributed by atoms with Gasteiger partial charge < -0.3 is 19.5 Å². The molecular formula is C14H17NO4. The molecule has 0 aromatic heterocycles. The first kappa shape index (κ1) is 12.1. The molecule has 1 fully saturated rings. The first-order valence-corrected chi connectivity index (χ1v) is 6.54. The zero-order chi connectivity index (χ0) is 13.2. The quantitative estimate of drug-likeness (QED) is 0.896. The summed E-state index contributed by atoms with van der Waals surface area (Å²) in [6.07, 6.45) is 2.43. The van der Waals surface area contributed by atoms with Gasteiger partial charge in [0.15, 0.2) is 11.5 Å². The summed E-state index contributed by atoms with van der Waals surface area (Å²) in [5.41, 5.74) is 0.543. The molecule has 5 nitrogen and oxygen atoms in total. The van der Waals surface area contributed by atoms with Crippen LogP contribution >= 0.6 is 0 Å². The van der Waals surface area contributed by atoms with Crippen molar-refractivity contribution in [2.45, 2.75) is 12.8 Å². The Morgan fingerprint density at radius 3 is 2.89 bits per heavy atom. The predicted molar refractivity (Wildman–Crippen MR) is 69.0 cm³/mol. The smallest absolute Gasteiger partial charge is 0.251 e. The molecule has 0 spiro atoms. The molecule has 2 aliphatic rings. The molecule has 0 bridgehead atoms. The Hall–Kier alpha value is -1.91. The van der Waals surface area contributed by atoms with Gasteiger partial charge in [-0.25, -0.2) is 0 Å². The van der Waals surface area contributed by atoms with Crippen LogP contribution in [0.1, 0.15) is 23.2 Å². The Bertz CT molecular complexity index is 479. The van der Waals surface area contributed by atoms with Gasteiger partial charge in [0.2, 0.25) is 5.75 Å². The lowest BCUT2D eigenvalue weighted by Crippen LogP contribution is -2.26. The summed E-state index contributed by atoms with van der Waals surface area (Å²) < 4.78 is 16.3. The number of nitrogens with one attached hydrogen (secondary N) is 1. The van der Waals surface area contributed by atoms with Gasteiger partial charge >= 0.3 is 0 Å². The van der Waals surface area contributed by atoms with Crippen LogP contribution in [0.15, 0.2) is 12.1 Å². The second-order valence-electron chi connectivity index (χ2n) is 4.86. The maximum Gasteiger partial charge on any atom is 0.251 e. The molecule has 3 rings (SSSR count). The summed E-state index contributed by atoms with van der Waals surface area (Å²) in [4.78, 5) is 12.1. The third-order valence-corrected chi connectivity index (χ3v) is 3.34. The van der Waals surface area contributed by atoms with E-state index in [9.17, 15) is 4.79 Å². The van der Waals surface area contributed by atoms with Gasteiger partial charge in [-0.2, -0.15) is 0 Å². The molecule has 1 saturated carbocycles. The second kappa shape index (κ2) is 4.99. The Balaban J connectivity index is 1.81. The number of benzene rings is 1. The van der Waals surface area contributed by atoms with Crippen molar-refractivity contribution < 1.29 is 19.0 Å². The molecule has 1 aromatic rings. The third-order valence-electron chi connectivity index (χ3n) is 3.34. The number of carbonyl (C=O) groups is 1. The van der Waals surface area contributed by atoms with E-state index in [-0.39, 0.29) is 5.91 Å². The molecule has 1 aliphatic heterocycles. The fourth-order valence-electron chi connectivity index (χ4n) is 2.07. The predicted octanol–water partition coefficient (Wildman–Crippen LogP) is 1.61. The average molecular weight is 263 g/mol. The monoisotopic (exact) mass is 263 g/mol. The number of amides is 1. The van der Waals surface area contributed by atoms with E-state index in [1.807, 2.05) is 0 Å². The molecule has 0 saturated heterocycles. The van der Waals surface area contributed by atoms with Crippen LogP contribution < -0.4 is 19.5 Å². The van der Waals surface area contributed by atoms with Crippen molar-refractivity contribution in [1.82, 2.24) is 5.32 Å². The molecule has 0 unspecified atom stereocenters. The summed E-state index contributed by atoms with van der Waals surface area (Å²) in [6, 6.07) is 3.40. The van der Waals surface area contributed by atoms with Crippen LogP contribution in [-0.2, 0) is 0 Å². The van der Waals surface area contributed by atoms with E-state index in [2.05, 4.69) is 5.32 Å². The van der Waals surface area contributed by atoms with Crippen molar-refractivity contribution >= 4 is 5.91 Å². The van der Waals surface area contributed by atoms with Crippen molar-refractivity contribution in [2.75, 3.05) is 26.9 Å². The van der Waals surface area contributed by atoms with Crippen molar-refractivity contribution in [3.63, 3.8) is 0 Å². The fraction of sp³-hybridized carbons (Fsp3) is 0.500. The molecule has 1 aliphatic carbocycles. The Morgan fingerprint density at radius 1 is 1.37 bits per heavy atom. The molecule has 0 atom stereocenters. The van der Waals surface area contributed by atoms with Gasteiger partial charge in [-0.15, -0.1) is 0 Å². The Kier molecular flexibility index (Phi) is 3.19. The highest BCUT2D eigenvalue weighted by Crippen LogP contribution is 2.40. The van der Waals surface area contributed by atoms with Crippen LogP contribution in [0.3, 0.4) is 0 Å². The van der Waals surface area contributed by atoms with Crippen LogP contribution in [-0.4, -0.2) is 32.8 Å². The van der Waals surface area contributed by atoms with E-state index >= 15 is 0 Å².